The Morgan fingerprint density at radius 2 is 2.27 bits per heavy atom. The molecule has 0 bridgehead atoms. The molecule has 6 nitrogen and oxygen atoms in total. The maximum Gasteiger partial charge on any atom is 0.223 e. The van der Waals surface area contributed by atoms with Crippen molar-refractivity contribution in [1.29, 1.82) is 0 Å². The van der Waals surface area contributed by atoms with Gasteiger partial charge < -0.3 is 21.5 Å². The summed E-state index contributed by atoms with van der Waals surface area (Å²) in [4.78, 5) is 9.95. The van der Waals surface area contributed by atoms with Gasteiger partial charge in [0, 0.05) is 12.6 Å². The lowest BCUT2D eigenvalue weighted by Gasteiger charge is -2.24. The molecule has 5 N–H and O–H groups in total. The van der Waals surface area contributed by atoms with Crippen molar-refractivity contribution < 1.29 is 5.11 Å². The van der Waals surface area contributed by atoms with Crippen molar-refractivity contribution in [1.82, 2.24) is 9.97 Å². The van der Waals surface area contributed by atoms with E-state index in [1.54, 1.807) is 6.07 Å². The summed E-state index contributed by atoms with van der Waals surface area (Å²) in [7, 11) is 0. The molecule has 0 aromatic carbocycles. The lowest BCUT2D eigenvalue weighted by atomic mass is 10.2. The first kappa shape index (κ1) is 9.97. The molecule has 0 spiro atoms. The van der Waals surface area contributed by atoms with Crippen LogP contribution in [0.25, 0.3) is 0 Å². The molecular weight excluding hydrogens is 194 g/mol. The molecule has 1 fully saturated rings. The van der Waals surface area contributed by atoms with Crippen LogP contribution in [-0.2, 0) is 0 Å². The number of nitrogens with zero attached hydrogens (tertiary/aromatic N) is 3. The lowest BCUT2D eigenvalue weighted by Crippen LogP contribution is -2.33. The maximum absolute atomic E-state index is 9.19. The van der Waals surface area contributed by atoms with E-state index >= 15 is 0 Å². The van der Waals surface area contributed by atoms with Crippen LogP contribution in [-0.4, -0.2) is 34.3 Å². The Hall–Kier alpha value is -1.56. The summed E-state index contributed by atoms with van der Waals surface area (Å²) < 4.78 is 0. The zero-order chi connectivity index (χ0) is 10.8. The summed E-state index contributed by atoms with van der Waals surface area (Å²) >= 11 is 0. The quantitative estimate of drug-likeness (QED) is 0.612. The van der Waals surface area contributed by atoms with E-state index in [-0.39, 0.29) is 18.6 Å². The van der Waals surface area contributed by atoms with E-state index < -0.39 is 0 Å². The summed E-state index contributed by atoms with van der Waals surface area (Å²) in [6, 6.07) is 1.81. The second kappa shape index (κ2) is 3.90. The third-order valence-corrected chi connectivity index (χ3v) is 2.63. The summed E-state index contributed by atoms with van der Waals surface area (Å²) in [6.07, 6.45) is 2.02. The number of nitrogen functional groups attached to an aromatic ring is 2. The standard InChI is InChI=1S/C9H15N5O/c10-7-4-8(13-9(11)12-7)14-3-1-2-6(14)5-15/h4,6,15H,1-3,5H2,(H4,10,11,12,13). The number of hydrogen-bond donors (Lipinski definition) is 3. The molecule has 1 atom stereocenters. The molecule has 0 amide bonds. The predicted molar refractivity (Wildman–Crippen MR) is 58.3 cm³/mol. The minimum absolute atomic E-state index is 0.124. The molecule has 82 valence electrons. The van der Waals surface area contributed by atoms with Gasteiger partial charge in [0.1, 0.15) is 11.6 Å². The average molecular weight is 209 g/mol. The van der Waals surface area contributed by atoms with Crippen molar-refractivity contribution in [2.75, 3.05) is 29.5 Å². The molecule has 0 aliphatic carbocycles. The summed E-state index contributed by atoms with van der Waals surface area (Å²) in [5, 5.41) is 9.19. The van der Waals surface area contributed by atoms with Gasteiger partial charge in [-0.25, -0.2) is 0 Å². The van der Waals surface area contributed by atoms with Crippen LogP contribution in [0.1, 0.15) is 12.8 Å². The van der Waals surface area contributed by atoms with Crippen molar-refractivity contribution in [3.8, 4) is 0 Å². The summed E-state index contributed by atoms with van der Waals surface area (Å²) in [6.45, 7) is 1.00. The Labute approximate surface area is 87.9 Å². The zero-order valence-electron chi connectivity index (χ0n) is 8.43. The van der Waals surface area contributed by atoms with Gasteiger partial charge in [-0.05, 0) is 12.8 Å². The molecule has 0 saturated carbocycles. The van der Waals surface area contributed by atoms with Crippen molar-refractivity contribution in [2.45, 2.75) is 18.9 Å². The topological polar surface area (TPSA) is 101 Å². The number of anilines is 3. The first-order valence-electron chi connectivity index (χ1n) is 4.98. The van der Waals surface area contributed by atoms with Crippen LogP contribution in [0.2, 0.25) is 0 Å². The van der Waals surface area contributed by atoms with Crippen molar-refractivity contribution in [2.24, 2.45) is 0 Å². The fourth-order valence-electron chi connectivity index (χ4n) is 1.95. The normalized spacial score (nSPS) is 20.9. The van der Waals surface area contributed by atoms with Gasteiger partial charge in [-0.2, -0.15) is 9.97 Å². The van der Waals surface area contributed by atoms with Gasteiger partial charge >= 0.3 is 0 Å². The average Bonchev–Trinajstić information content (AvgIpc) is 2.63. The second-order valence-corrected chi connectivity index (χ2v) is 3.68. The van der Waals surface area contributed by atoms with Gasteiger partial charge in [-0.1, -0.05) is 0 Å². The molecule has 0 radical (unpaired) electrons. The molecule has 2 heterocycles. The highest BCUT2D eigenvalue weighted by Crippen LogP contribution is 2.24. The van der Waals surface area contributed by atoms with Crippen molar-refractivity contribution in [3.63, 3.8) is 0 Å². The van der Waals surface area contributed by atoms with E-state index in [9.17, 15) is 5.11 Å². The minimum Gasteiger partial charge on any atom is -0.394 e. The highest BCUT2D eigenvalue weighted by atomic mass is 16.3. The van der Waals surface area contributed by atoms with Crippen molar-refractivity contribution in [3.05, 3.63) is 6.07 Å². The van der Waals surface area contributed by atoms with Gasteiger partial charge in [-0.3, -0.25) is 0 Å². The molecule has 6 heteroatoms. The van der Waals surface area contributed by atoms with Crippen LogP contribution in [0.4, 0.5) is 17.6 Å². The molecule has 1 aliphatic rings. The van der Waals surface area contributed by atoms with Crippen LogP contribution in [0.5, 0.6) is 0 Å². The highest BCUT2D eigenvalue weighted by Gasteiger charge is 2.25. The lowest BCUT2D eigenvalue weighted by molar-refractivity contribution is 0.266. The third kappa shape index (κ3) is 1.94. The number of aromatic nitrogens is 2. The molecule has 1 aliphatic heterocycles. The molecule has 1 unspecified atom stereocenters. The van der Waals surface area contributed by atoms with Crippen LogP contribution in [0.15, 0.2) is 6.07 Å². The summed E-state index contributed by atoms with van der Waals surface area (Å²) in [5.74, 6) is 1.24. The number of rotatable bonds is 2. The molecule has 2 rings (SSSR count). The number of nitrogens with two attached hydrogens (primary N) is 2. The van der Waals surface area contributed by atoms with Gasteiger partial charge in [-0.15, -0.1) is 0 Å². The van der Waals surface area contributed by atoms with Gasteiger partial charge in [0.15, 0.2) is 0 Å². The molecular formula is C9H15N5O. The number of hydrogen-bond acceptors (Lipinski definition) is 6. The zero-order valence-corrected chi connectivity index (χ0v) is 8.43. The smallest absolute Gasteiger partial charge is 0.223 e. The van der Waals surface area contributed by atoms with E-state index in [4.69, 9.17) is 11.5 Å². The van der Waals surface area contributed by atoms with E-state index in [0.29, 0.717) is 11.6 Å². The predicted octanol–water partition coefficient (Wildman–Crippen LogP) is -0.398. The SMILES string of the molecule is Nc1cc(N2CCCC2CO)nc(N)n1. The van der Waals surface area contributed by atoms with E-state index in [1.165, 1.54) is 0 Å². The first-order valence-corrected chi connectivity index (χ1v) is 4.98. The van der Waals surface area contributed by atoms with Gasteiger partial charge in [0.05, 0.1) is 12.6 Å². The van der Waals surface area contributed by atoms with E-state index in [2.05, 4.69) is 9.97 Å². The Morgan fingerprint density at radius 3 is 2.93 bits per heavy atom. The molecule has 1 saturated heterocycles. The van der Waals surface area contributed by atoms with Crippen LogP contribution >= 0.6 is 0 Å². The Bertz CT molecular complexity index is 336. The van der Waals surface area contributed by atoms with Crippen LogP contribution < -0.4 is 16.4 Å². The fraction of sp³-hybridized carbons (Fsp3) is 0.556. The van der Waals surface area contributed by atoms with Gasteiger partial charge in [0.2, 0.25) is 5.95 Å². The maximum atomic E-state index is 9.19. The number of aliphatic hydroxyl groups excluding tert-OH is 1. The largest absolute Gasteiger partial charge is 0.394 e. The van der Waals surface area contributed by atoms with Gasteiger partial charge in [0.25, 0.3) is 0 Å². The van der Waals surface area contributed by atoms with Crippen molar-refractivity contribution >= 4 is 17.6 Å². The van der Waals surface area contributed by atoms with Crippen LogP contribution in [0, 0.1) is 0 Å². The minimum atomic E-state index is 0.124. The molecule has 15 heavy (non-hydrogen) atoms. The van der Waals surface area contributed by atoms with E-state index in [0.717, 1.165) is 19.4 Å². The second-order valence-electron chi connectivity index (χ2n) is 3.68. The molecule has 1 aromatic rings. The Kier molecular flexibility index (Phi) is 2.59. The Balaban J connectivity index is 2.28. The summed E-state index contributed by atoms with van der Waals surface area (Å²) in [5.41, 5.74) is 11.1. The molecule has 1 aromatic heterocycles. The van der Waals surface area contributed by atoms with E-state index in [1.807, 2.05) is 4.90 Å². The third-order valence-electron chi connectivity index (χ3n) is 2.63. The Morgan fingerprint density at radius 1 is 1.47 bits per heavy atom. The fourth-order valence-corrected chi connectivity index (χ4v) is 1.95. The number of aliphatic hydroxyl groups is 1. The van der Waals surface area contributed by atoms with Crippen LogP contribution in [0.3, 0.4) is 0 Å². The first-order chi connectivity index (χ1) is 7.20. The monoisotopic (exact) mass is 209 g/mol. The highest BCUT2D eigenvalue weighted by molar-refractivity contribution is 5.51.